The van der Waals surface area contributed by atoms with Crippen molar-refractivity contribution in [3.63, 3.8) is 0 Å². The second kappa shape index (κ2) is 24.7. The smallest absolute Gasteiger partial charge is 0.0316 e. The highest BCUT2D eigenvalue weighted by Crippen LogP contribution is 2.48. The van der Waals surface area contributed by atoms with Gasteiger partial charge in [-0.25, -0.2) is 0 Å². The van der Waals surface area contributed by atoms with E-state index in [0.29, 0.717) is 11.8 Å². The van der Waals surface area contributed by atoms with E-state index in [1.54, 1.807) is 0 Å². The number of hydrogen-bond acceptors (Lipinski definition) is 2. The molecule has 4 N–H and O–H groups in total. The van der Waals surface area contributed by atoms with Crippen LogP contribution in [0.1, 0.15) is 231 Å². The molecule has 4 aromatic carbocycles. The standard InChI is InChI=1S/C57H84N2/c1-6-8-10-12-14-16-18-20-22-24-55(53-36-34-51(58)42-45(53)4)47-26-30-49(31-27-47)57(40-38-44(3)39-41-57)50-32-28-48(29-33-50)56(54-37-35-52(59)43-46(54)5)25-23-21-19-17-15-13-11-9-7-2/h26-37,42-44,55-56H,6-25,38-41,58-59H2,1-5H3. The number of anilines is 2. The minimum Gasteiger partial charge on any atom is -0.399 e. The number of unbranched alkanes of at least 4 members (excludes halogenated alkanes) is 16. The predicted octanol–water partition coefficient (Wildman–Crippen LogP) is 17.1. The average Bonchev–Trinajstić information content (AvgIpc) is 3.24. The SMILES string of the molecule is CCCCCCCCCCCC(c1ccc(C2(c3ccc(C(CCCCCCCCCCC)c4ccc(N)cc4C)cc3)CCC(C)CC2)cc1)c1ccc(N)cc1C. The largest absolute Gasteiger partial charge is 0.399 e. The number of aryl methyl sites for hydroxylation is 2. The van der Waals surface area contributed by atoms with Crippen LogP contribution in [0.3, 0.4) is 0 Å². The lowest BCUT2D eigenvalue weighted by atomic mass is 9.63. The van der Waals surface area contributed by atoms with Crippen LogP contribution in [0.5, 0.6) is 0 Å². The van der Waals surface area contributed by atoms with Crippen molar-refractivity contribution >= 4 is 11.4 Å². The lowest BCUT2D eigenvalue weighted by Gasteiger charge is -2.41. The topological polar surface area (TPSA) is 52.0 Å². The normalized spacial score (nSPS) is 17.9. The molecular formula is C57H84N2. The van der Waals surface area contributed by atoms with Crippen LogP contribution in [0.15, 0.2) is 84.9 Å². The molecule has 1 aliphatic rings. The van der Waals surface area contributed by atoms with E-state index in [4.69, 9.17) is 11.5 Å². The third-order valence-electron chi connectivity index (χ3n) is 14.4. The minimum atomic E-state index is 0.0526. The van der Waals surface area contributed by atoms with Gasteiger partial charge in [0, 0.05) is 28.6 Å². The summed E-state index contributed by atoms with van der Waals surface area (Å²) in [5, 5.41) is 0. The summed E-state index contributed by atoms with van der Waals surface area (Å²) in [4.78, 5) is 0. The molecule has 0 spiro atoms. The van der Waals surface area contributed by atoms with Crippen LogP contribution in [0.25, 0.3) is 0 Å². The average molecular weight is 797 g/mol. The Bertz CT molecular complexity index is 1640. The summed E-state index contributed by atoms with van der Waals surface area (Å²) >= 11 is 0. The third kappa shape index (κ3) is 13.7. The van der Waals surface area contributed by atoms with Crippen LogP contribution in [-0.4, -0.2) is 0 Å². The van der Waals surface area contributed by atoms with E-state index in [-0.39, 0.29) is 5.41 Å². The lowest BCUT2D eigenvalue weighted by molar-refractivity contribution is 0.280. The first-order valence-electron chi connectivity index (χ1n) is 24.7. The van der Waals surface area contributed by atoms with Crippen LogP contribution in [0, 0.1) is 19.8 Å². The Balaban J connectivity index is 1.34. The van der Waals surface area contributed by atoms with Gasteiger partial charge in [-0.15, -0.1) is 0 Å². The van der Waals surface area contributed by atoms with Crippen molar-refractivity contribution in [3.8, 4) is 0 Å². The van der Waals surface area contributed by atoms with Gasteiger partial charge >= 0.3 is 0 Å². The number of benzene rings is 4. The summed E-state index contributed by atoms with van der Waals surface area (Å²) in [6, 6.07) is 33.2. The van der Waals surface area contributed by atoms with Gasteiger partial charge in [0.1, 0.15) is 0 Å². The molecule has 0 aliphatic heterocycles. The molecule has 322 valence electrons. The van der Waals surface area contributed by atoms with Crippen molar-refractivity contribution in [1.29, 1.82) is 0 Å². The fourth-order valence-electron chi connectivity index (χ4n) is 10.6. The van der Waals surface area contributed by atoms with Gasteiger partial charge in [-0.3, -0.25) is 0 Å². The van der Waals surface area contributed by atoms with E-state index < -0.39 is 0 Å². The van der Waals surface area contributed by atoms with E-state index in [2.05, 4.69) is 120 Å². The Labute approximate surface area is 362 Å². The summed E-state index contributed by atoms with van der Waals surface area (Å²) in [7, 11) is 0. The Morgan fingerprint density at radius 3 is 1.15 bits per heavy atom. The summed E-state index contributed by atoms with van der Waals surface area (Å²) in [6.45, 7) is 11.6. The van der Waals surface area contributed by atoms with Crippen LogP contribution in [0.2, 0.25) is 0 Å². The highest BCUT2D eigenvalue weighted by Gasteiger charge is 2.38. The molecule has 0 heterocycles. The molecule has 5 rings (SSSR count). The van der Waals surface area contributed by atoms with Crippen LogP contribution in [0.4, 0.5) is 11.4 Å². The number of nitrogen functional groups attached to an aromatic ring is 2. The van der Waals surface area contributed by atoms with Gasteiger partial charge in [-0.05, 0) is 127 Å². The zero-order valence-electron chi connectivity index (χ0n) is 38.4. The molecule has 1 aliphatic carbocycles. The van der Waals surface area contributed by atoms with Gasteiger partial charge in [0.25, 0.3) is 0 Å². The fraction of sp³-hybridized carbons (Fsp3) is 0.579. The molecular weight excluding hydrogens is 713 g/mol. The van der Waals surface area contributed by atoms with Crippen LogP contribution < -0.4 is 11.5 Å². The van der Waals surface area contributed by atoms with Crippen molar-refractivity contribution in [2.75, 3.05) is 11.5 Å². The predicted molar refractivity (Wildman–Crippen MR) is 260 cm³/mol. The van der Waals surface area contributed by atoms with E-state index in [1.807, 2.05) is 0 Å². The zero-order valence-corrected chi connectivity index (χ0v) is 38.4. The second-order valence-electron chi connectivity index (χ2n) is 19.1. The molecule has 2 unspecified atom stereocenters. The molecule has 0 amide bonds. The highest BCUT2D eigenvalue weighted by molar-refractivity contribution is 5.51. The van der Waals surface area contributed by atoms with Gasteiger partial charge in [-0.2, -0.15) is 0 Å². The van der Waals surface area contributed by atoms with Gasteiger partial charge in [-0.1, -0.05) is 197 Å². The van der Waals surface area contributed by atoms with E-state index >= 15 is 0 Å². The quantitative estimate of drug-likeness (QED) is 0.0491. The maximum absolute atomic E-state index is 6.26. The molecule has 1 fully saturated rings. The van der Waals surface area contributed by atoms with Gasteiger partial charge < -0.3 is 11.5 Å². The Morgan fingerprint density at radius 2 is 0.814 bits per heavy atom. The number of rotatable bonds is 26. The Hall–Kier alpha value is -3.52. The van der Waals surface area contributed by atoms with Crippen molar-refractivity contribution in [3.05, 3.63) is 129 Å². The van der Waals surface area contributed by atoms with Crippen LogP contribution >= 0.6 is 0 Å². The van der Waals surface area contributed by atoms with Gasteiger partial charge in [0.15, 0.2) is 0 Å². The molecule has 0 saturated heterocycles. The minimum absolute atomic E-state index is 0.0526. The molecule has 59 heavy (non-hydrogen) atoms. The molecule has 4 aromatic rings. The van der Waals surface area contributed by atoms with Gasteiger partial charge in [0.2, 0.25) is 0 Å². The number of nitrogens with two attached hydrogens (primary N) is 2. The third-order valence-corrected chi connectivity index (χ3v) is 14.4. The molecule has 1 saturated carbocycles. The first kappa shape index (κ1) is 46.5. The second-order valence-corrected chi connectivity index (χ2v) is 19.1. The van der Waals surface area contributed by atoms with E-state index in [1.165, 1.54) is 199 Å². The van der Waals surface area contributed by atoms with Gasteiger partial charge in [0.05, 0.1) is 0 Å². The van der Waals surface area contributed by atoms with Crippen molar-refractivity contribution in [2.24, 2.45) is 5.92 Å². The molecule has 0 bridgehead atoms. The monoisotopic (exact) mass is 797 g/mol. The fourth-order valence-corrected chi connectivity index (χ4v) is 10.6. The number of hydrogen-bond donors (Lipinski definition) is 2. The maximum Gasteiger partial charge on any atom is 0.0316 e. The highest BCUT2D eigenvalue weighted by atomic mass is 14.5. The molecule has 2 heteroatoms. The molecule has 2 nitrogen and oxygen atoms in total. The maximum atomic E-state index is 6.26. The lowest BCUT2D eigenvalue weighted by Crippen LogP contribution is -2.32. The molecule has 2 atom stereocenters. The molecule has 0 radical (unpaired) electrons. The zero-order chi connectivity index (χ0) is 41.9. The summed E-state index contributed by atoms with van der Waals surface area (Å²) in [5.41, 5.74) is 25.7. The van der Waals surface area contributed by atoms with Crippen molar-refractivity contribution < 1.29 is 0 Å². The summed E-state index contributed by atoms with van der Waals surface area (Å²) in [5.74, 6) is 1.58. The summed E-state index contributed by atoms with van der Waals surface area (Å²) in [6.07, 6.45) is 31.9. The van der Waals surface area contributed by atoms with Crippen molar-refractivity contribution in [2.45, 2.75) is 206 Å². The van der Waals surface area contributed by atoms with Crippen LogP contribution in [-0.2, 0) is 5.41 Å². The van der Waals surface area contributed by atoms with E-state index in [0.717, 1.165) is 17.3 Å². The van der Waals surface area contributed by atoms with Crippen molar-refractivity contribution in [1.82, 2.24) is 0 Å². The first-order valence-corrected chi connectivity index (χ1v) is 24.7. The Morgan fingerprint density at radius 1 is 0.475 bits per heavy atom. The molecule has 0 aromatic heterocycles. The van der Waals surface area contributed by atoms with E-state index in [9.17, 15) is 0 Å². The summed E-state index contributed by atoms with van der Waals surface area (Å²) < 4.78 is 0. The first-order chi connectivity index (χ1) is 28.8. The Kier molecular flexibility index (Phi) is 19.5.